The molecule has 0 saturated heterocycles. The van der Waals surface area contributed by atoms with Gasteiger partial charge in [0.05, 0.1) is 13.2 Å². The highest BCUT2D eigenvalue weighted by Gasteiger charge is 2.22. The predicted octanol–water partition coefficient (Wildman–Crippen LogP) is 0.622. The van der Waals surface area contributed by atoms with Crippen LogP contribution in [0.25, 0.3) is 0 Å². The second-order valence-electron chi connectivity index (χ2n) is 4.77. The third-order valence-corrected chi connectivity index (χ3v) is 2.86. The van der Waals surface area contributed by atoms with Crippen LogP contribution >= 0.6 is 0 Å². The van der Waals surface area contributed by atoms with Crippen molar-refractivity contribution in [2.45, 2.75) is 32.7 Å². The van der Waals surface area contributed by atoms with E-state index >= 15 is 0 Å². The highest BCUT2D eigenvalue weighted by molar-refractivity contribution is 5.75. The fourth-order valence-corrected chi connectivity index (χ4v) is 1.78. The lowest BCUT2D eigenvalue weighted by atomic mass is 10.2. The predicted molar refractivity (Wildman–Crippen MR) is 74.6 cm³/mol. The Hall–Kier alpha value is -1.34. The van der Waals surface area contributed by atoms with Crippen molar-refractivity contribution in [2.75, 3.05) is 40.0 Å². The van der Waals surface area contributed by atoms with E-state index in [9.17, 15) is 9.59 Å². The highest BCUT2D eigenvalue weighted by atomic mass is 16.5. The van der Waals surface area contributed by atoms with Gasteiger partial charge in [0.1, 0.15) is 0 Å². The van der Waals surface area contributed by atoms with E-state index < -0.39 is 5.97 Å². The number of hydrogen-bond acceptors (Lipinski definition) is 4. The van der Waals surface area contributed by atoms with Crippen LogP contribution in [0.2, 0.25) is 0 Å². The summed E-state index contributed by atoms with van der Waals surface area (Å²) in [5, 5.41) is 17.7. The smallest absolute Gasteiger partial charge is 0.320 e. The molecular formula is C13H26N2O5. The highest BCUT2D eigenvalue weighted by Crippen LogP contribution is 2.07. The Morgan fingerprint density at radius 1 is 1.20 bits per heavy atom. The molecule has 0 atom stereocenters. The Morgan fingerprint density at radius 2 is 1.85 bits per heavy atom. The number of carboxylic acid groups (broad SMARTS) is 1. The van der Waals surface area contributed by atoms with Crippen LogP contribution in [0.1, 0.15) is 26.7 Å². The molecule has 0 aromatic carbocycles. The number of hydrogen-bond donors (Lipinski definition) is 2. The van der Waals surface area contributed by atoms with E-state index in [1.54, 1.807) is 12.0 Å². The first-order valence-electron chi connectivity index (χ1n) is 6.81. The number of ether oxygens (including phenoxy) is 1. The van der Waals surface area contributed by atoms with Crippen molar-refractivity contribution in [1.29, 1.82) is 0 Å². The van der Waals surface area contributed by atoms with E-state index in [1.807, 2.05) is 13.8 Å². The third kappa shape index (κ3) is 7.30. The van der Waals surface area contributed by atoms with Gasteiger partial charge >= 0.3 is 12.0 Å². The van der Waals surface area contributed by atoms with Crippen molar-refractivity contribution in [1.82, 2.24) is 9.80 Å². The molecule has 0 unspecified atom stereocenters. The maximum absolute atomic E-state index is 12.4. The molecule has 0 aromatic heterocycles. The number of aliphatic hydroxyl groups excluding tert-OH is 1. The number of rotatable bonds is 10. The van der Waals surface area contributed by atoms with Crippen LogP contribution in [0.3, 0.4) is 0 Å². The Bertz CT molecular complexity index is 296. The van der Waals surface area contributed by atoms with Crippen LogP contribution in [-0.4, -0.2) is 78.0 Å². The standard InChI is InChI=1S/C13H26N2O5/c1-11(2)15(6-4-5-12(17)18)13(19)14(7-9-16)8-10-20-3/h11,16H,4-10H2,1-3H3,(H,17,18). The second kappa shape index (κ2) is 10.4. The molecule has 118 valence electrons. The van der Waals surface area contributed by atoms with Gasteiger partial charge in [0.25, 0.3) is 0 Å². The van der Waals surface area contributed by atoms with Crippen molar-refractivity contribution in [3.05, 3.63) is 0 Å². The van der Waals surface area contributed by atoms with Gasteiger partial charge in [-0.25, -0.2) is 4.79 Å². The van der Waals surface area contributed by atoms with Gasteiger partial charge in [-0.2, -0.15) is 0 Å². The van der Waals surface area contributed by atoms with E-state index in [1.165, 1.54) is 4.90 Å². The third-order valence-electron chi connectivity index (χ3n) is 2.86. The first-order valence-corrected chi connectivity index (χ1v) is 6.81. The molecule has 7 heteroatoms. The second-order valence-corrected chi connectivity index (χ2v) is 4.77. The van der Waals surface area contributed by atoms with E-state index in [2.05, 4.69) is 0 Å². The number of amides is 2. The van der Waals surface area contributed by atoms with Crippen LogP contribution < -0.4 is 0 Å². The van der Waals surface area contributed by atoms with Crippen LogP contribution in [0.15, 0.2) is 0 Å². The zero-order valence-corrected chi connectivity index (χ0v) is 12.5. The van der Waals surface area contributed by atoms with Crippen molar-refractivity contribution >= 4 is 12.0 Å². The quantitative estimate of drug-likeness (QED) is 0.615. The number of aliphatic carboxylic acids is 1. The van der Waals surface area contributed by atoms with Gasteiger partial charge in [-0.15, -0.1) is 0 Å². The fraction of sp³-hybridized carbons (Fsp3) is 0.846. The zero-order chi connectivity index (χ0) is 15.5. The Balaban J connectivity index is 4.59. The molecule has 0 aliphatic heterocycles. The van der Waals surface area contributed by atoms with Gasteiger partial charge in [-0.3, -0.25) is 4.79 Å². The van der Waals surface area contributed by atoms with E-state index in [0.717, 1.165) is 0 Å². The van der Waals surface area contributed by atoms with Crippen LogP contribution in [0.4, 0.5) is 4.79 Å². The molecule has 0 saturated carbocycles. The Labute approximate surface area is 120 Å². The minimum Gasteiger partial charge on any atom is -0.481 e. The van der Waals surface area contributed by atoms with E-state index in [0.29, 0.717) is 26.1 Å². The summed E-state index contributed by atoms with van der Waals surface area (Å²) in [6.07, 6.45) is 0.449. The number of carbonyl (C=O) groups excluding carboxylic acids is 1. The molecule has 0 spiro atoms. The molecule has 0 bridgehead atoms. The summed E-state index contributed by atoms with van der Waals surface area (Å²) in [6, 6.07) is -0.225. The SMILES string of the molecule is COCCN(CCO)C(=O)N(CCCC(=O)O)C(C)C. The minimum absolute atomic E-state index is 0.0277. The summed E-state index contributed by atoms with van der Waals surface area (Å²) in [7, 11) is 1.55. The normalized spacial score (nSPS) is 10.7. The average Bonchev–Trinajstić information content (AvgIpc) is 2.38. The molecule has 7 nitrogen and oxygen atoms in total. The van der Waals surface area contributed by atoms with Crippen LogP contribution in [0.5, 0.6) is 0 Å². The van der Waals surface area contributed by atoms with Crippen molar-refractivity contribution in [3.63, 3.8) is 0 Å². The number of carbonyl (C=O) groups is 2. The average molecular weight is 290 g/mol. The van der Waals surface area contributed by atoms with Gasteiger partial charge in [-0.05, 0) is 20.3 Å². The lowest BCUT2D eigenvalue weighted by Crippen LogP contribution is -2.48. The van der Waals surface area contributed by atoms with Crippen molar-refractivity contribution < 1.29 is 24.5 Å². The topological polar surface area (TPSA) is 90.3 Å². The summed E-state index contributed by atoms with van der Waals surface area (Å²) in [5.41, 5.74) is 0. The molecule has 0 aliphatic carbocycles. The number of carboxylic acids is 1. The molecule has 0 aromatic rings. The summed E-state index contributed by atoms with van der Waals surface area (Å²) in [4.78, 5) is 26.1. The lowest BCUT2D eigenvalue weighted by Gasteiger charge is -2.33. The summed E-state index contributed by atoms with van der Waals surface area (Å²) < 4.78 is 4.95. The zero-order valence-electron chi connectivity index (χ0n) is 12.5. The first kappa shape index (κ1) is 18.7. The molecule has 0 heterocycles. The molecule has 20 heavy (non-hydrogen) atoms. The summed E-state index contributed by atoms with van der Waals surface area (Å²) in [6.45, 7) is 5.07. The van der Waals surface area contributed by atoms with Crippen molar-refractivity contribution in [3.8, 4) is 0 Å². The number of nitrogens with zero attached hydrogens (tertiary/aromatic N) is 2. The van der Waals surface area contributed by atoms with E-state index in [4.69, 9.17) is 14.9 Å². The molecule has 2 amide bonds. The fourth-order valence-electron chi connectivity index (χ4n) is 1.78. The largest absolute Gasteiger partial charge is 0.481 e. The molecule has 0 radical (unpaired) electrons. The minimum atomic E-state index is -0.868. The summed E-state index contributed by atoms with van der Waals surface area (Å²) >= 11 is 0. The van der Waals surface area contributed by atoms with E-state index in [-0.39, 0.29) is 31.6 Å². The van der Waals surface area contributed by atoms with Crippen LogP contribution in [0, 0.1) is 0 Å². The maximum Gasteiger partial charge on any atom is 0.320 e. The lowest BCUT2D eigenvalue weighted by molar-refractivity contribution is -0.137. The van der Waals surface area contributed by atoms with Gasteiger partial charge in [-0.1, -0.05) is 0 Å². The van der Waals surface area contributed by atoms with Gasteiger partial charge in [0.2, 0.25) is 0 Å². The molecule has 2 N–H and O–H groups in total. The van der Waals surface area contributed by atoms with Crippen molar-refractivity contribution in [2.24, 2.45) is 0 Å². The van der Waals surface area contributed by atoms with Crippen LogP contribution in [-0.2, 0) is 9.53 Å². The first-order chi connectivity index (χ1) is 9.43. The number of urea groups is 1. The maximum atomic E-state index is 12.4. The van der Waals surface area contributed by atoms with Gasteiger partial charge < -0.3 is 24.7 Å². The Morgan fingerprint density at radius 3 is 2.30 bits per heavy atom. The molecule has 0 aliphatic rings. The molecule has 0 fully saturated rings. The number of aliphatic hydroxyl groups is 1. The van der Waals surface area contributed by atoms with Gasteiger partial charge in [0.15, 0.2) is 0 Å². The van der Waals surface area contributed by atoms with Gasteiger partial charge in [0, 0.05) is 39.2 Å². The summed E-state index contributed by atoms with van der Waals surface area (Å²) in [5.74, 6) is -0.868. The Kier molecular flexibility index (Phi) is 9.75. The molecule has 0 rings (SSSR count). The monoisotopic (exact) mass is 290 g/mol. The molecular weight excluding hydrogens is 264 g/mol. The number of methoxy groups -OCH3 is 1.